The van der Waals surface area contributed by atoms with Crippen molar-refractivity contribution in [1.82, 2.24) is 20.0 Å². The van der Waals surface area contributed by atoms with Crippen LogP contribution in [-0.2, 0) is 0 Å². The molecule has 1 aliphatic heterocycles. The quantitative estimate of drug-likeness (QED) is 0.828. The minimum atomic E-state index is 0.00892. The number of ether oxygens (including phenoxy) is 1. The molecule has 2 heterocycles. The predicted molar refractivity (Wildman–Crippen MR) is 69.1 cm³/mol. The Morgan fingerprint density at radius 2 is 1.89 bits per heavy atom. The van der Waals surface area contributed by atoms with Crippen molar-refractivity contribution in [2.75, 3.05) is 24.2 Å². The van der Waals surface area contributed by atoms with Gasteiger partial charge in [0.2, 0.25) is 11.9 Å². The average molecular weight is 252 g/mol. The first-order chi connectivity index (χ1) is 8.63. The molecule has 0 unspecified atom stereocenters. The third-order valence-corrected chi connectivity index (χ3v) is 2.59. The van der Waals surface area contributed by atoms with Crippen LogP contribution < -0.4 is 15.9 Å². The van der Waals surface area contributed by atoms with Crippen LogP contribution >= 0.6 is 0 Å². The van der Waals surface area contributed by atoms with Gasteiger partial charge in [0.1, 0.15) is 0 Å². The van der Waals surface area contributed by atoms with Gasteiger partial charge in [-0.3, -0.25) is 5.43 Å². The molecule has 1 aromatic heterocycles. The number of aromatic nitrogens is 3. The molecular weight excluding hydrogens is 232 g/mol. The zero-order valence-corrected chi connectivity index (χ0v) is 10.9. The topological polar surface area (TPSA) is 89.2 Å². The van der Waals surface area contributed by atoms with Crippen molar-refractivity contribution < 1.29 is 4.74 Å². The third-order valence-electron chi connectivity index (χ3n) is 2.59. The molecule has 18 heavy (non-hydrogen) atoms. The Hall–Kier alpha value is -1.63. The van der Waals surface area contributed by atoms with E-state index in [1.807, 2.05) is 13.8 Å². The van der Waals surface area contributed by atoms with Crippen LogP contribution in [-0.4, -0.2) is 39.2 Å². The number of piperidine rings is 1. The highest BCUT2D eigenvalue weighted by Crippen LogP contribution is 2.13. The number of hydrogen-bond donors (Lipinski definition) is 2. The van der Waals surface area contributed by atoms with Crippen molar-refractivity contribution in [3.8, 4) is 6.01 Å². The molecule has 0 atom stereocenters. The fraction of sp³-hybridized carbons (Fsp3) is 0.727. The molecule has 1 fully saturated rings. The molecule has 7 nitrogen and oxygen atoms in total. The molecule has 3 N–H and O–H groups in total. The van der Waals surface area contributed by atoms with E-state index in [0.717, 1.165) is 13.1 Å². The molecule has 0 amide bonds. The van der Waals surface area contributed by atoms with Gasteiger partial charge in [0.25, 0.3) is 0 Å². The van der Waals surface area contributed by atoms with Gasteiger partial charge in [0.05, 0.1) is 6.10 Å². The summed E-state index contributed by atoms with van der Waals surface area (Å²) in [4.78, 5) is 12.2. The van der Waals surface area contributed by atoms with E-state index < -0.39 is 0 Å². The molecule has 0 bridgehead atoms. The Kier molecular flexibility index (Phi) is 4.14. The summed E-state index contributed by atoms with van der Waals surface area (Å²) in [5.74, 6) is 0.611. The number of hydrogen-bond acceptors (Lipinski definition) is 7. The number of hydrazine groups is 1. The van der Waals surface area contributed by atoms with E-state index in [1.54, 1.807) is 0 Å². The summed E-state index contributed by atoms with van der Waals surface area (Å²) in [5.41, 5.74) is 8.79. The first-order valence-corrected chi connectivity index (χ1v) is 6.33. The number of rotatable bonds is 4. The maximum absolute atomic E-state index is 5.64. The Morgan fingerprint density at radius 3 is 2.56 bits per heavy atom. The monoisotopic (exact) mass is 252 g/mol. The van der Waals surface area contributed by atoms with Crippen LogP contribution in [0.4, 0.5) is 11.9 Å². The molecule has 1 aromatic rings. The molecule has 0 spiro atoms. The molecule has 0 saturated carbocycles. The fourth-order valence-corrected chi connectivity index (χ4v) is 1.83. The van der Waals surface area contributed by atoms with E-state index in [0.29, 0.717) is 5.95 Å². The third kappa shape index (κ3) is 3.69. The number of nitrogens with one attached hydrogen (secondary N) is 1. The first kappa shape index (κ1) is 12.8. The van der Waals surface area contributed by atoms with Crippen LogP contribution in [0.25, 0.3) is 0 Å². The van der Waals surface area contributed by atoms with Gasteiger partial charge in [-0.2, -0.15) is 15.0 Å². The summed E-state index contributed by atoms with van der Waals surface area (Å²) in [7, 11) is 0. The normalized spacial score (nSPS) is 16.8. The van der Waals surface area contributed by atoms with Crippen molar-refractivity contribution in [3.63, 3.8) is 0 Å². The summed E-state index contributed by atoms with van der Waals surface area (Å²) in [6.07, 6.45) is 3.65. The van der Waals surface area contributed by atoms with E-state index in [9.17, 15) is 0 Å². The maximum atomic E-state index is 5.64. The fourth-order valence-electron chi connectivity index (χ4n) is 1.83. The van der Waals surface area contributed by atoms with Crippen molar-refractivity contribution in [1.29, 1.82) is 0 Å². The first-order valence-electron chi connectivity index (χ1n) is 6.33. The van der Waals surface area contributed by atoms with Crippen molar-refractivity contribution in [2.45, 2.75) is 39.2 Å². The van der Waals surface area contributed by atoms with Gasteiger partial charge < -0.3 is 10.5 Å². The van der Waals surface area contributed by atoms with Crippen LogP contribution in [0.2, 0.25) is 0 Å². The second-order valence-electron chi connectivity index (χ2n) is 4.63. The van der Waals surface area contributed by atoms with Crippen LogP contribution in [0.15, 0.2) is 0 Å². The van der Waals surface area contributed by atoms with Gasteiger partial charge in [0.15, 0.2) is 0 Å². The number of nitrogens with zero attached hydrogens (tertiary/aromatic N) is 4. The van der Waals surface area contributed by atoms with Gasteiger partial charge >= 0.3 is 6.01 Å². The Morgan fingerprint density at radius 1 is 1.17 bits per heavy atom. The summed E-state index contributed by atoms with van der Waals surface area (Å²) < 4.78 is 5.42. The molecule has 0 aromatic carbocycles. The lowest BCUT2D eigenvalue weighted by atomic mass is 10.2. The van der Waals surface area contributed by atoms with Crippen molar-refractivity contribution in [2.24, 2.45) is 0 Å². The highest BCUT2D eigenvalue weighted by atomic mass is 16.5. The molecule has 1 aliphatic rings. The zero-order valence-electron chi connectivity index (χ0n) is 10.9. The van der Waals surface area contributed by atoms with Crippen LogP contribution in [0, 0.1) is 0 Å². The molecule has 1 saturated heterocycles. The molecule has 0 radical (unpaired) electrons. The highest BCUT2D eigenvalue weighted by molar-refractivity contribution is 5.31. The van der Waals surface area contributed by atoms with Gasteiger partial charge in [0, 0.05) is 13.1 Å². The van der Waals surface area contributed by atoms with E-state index in [-0.39, 0.29) is 18.1 Å². The summed E-state index contributed by atoms with van der Waals surface area (Å²) >= 11 is 0. The standard InChI is InChI=1S/C11H20N6O/c1-8(2)18-11-14-9(12)13-10(15-11)16-17-6-4-3-5-7-17/h8H,3-7H2,1-2H3,(H3,12,13,14,15,16). The SMILES string of the molecule is CC(C)Oc1nc(N)nc(NN2CCCCC2)n1. The molecule has 2 rings (SSSR count). The highest BCUT2D eigenvalue weighted by Gasteiger charge is 2.13. The maximum Gasteiger partial charge on any atom is 0.323 e. The minimum Gasteiger partial charge on any atom is -0.461 e. The summed E-state index contributed by atoms with van der Waals surface area (Å²) in [6, 6.07) is 0.261. The van der Waals surface area contributed by atoms with Crippen molar-refractivity contribution >= 4 is 11.9 Å². The predicted octanol–water partition coefficient (Wildman–Crippen LogP) is 1.05. The van der Waals surface area contributed by atoms with E-state index in [1.165, 1.54) is 19.3 Å². The molecule has 0 aliphatic carbocycles. The number of anilines is 2. The van der Waals surface area contributed by atoms with Crippen LogP contribution in [0.5, 0.6) is 6.01 Å². The van der Waals surface area contributed by atoms with Crippen molar-refractivity contribution in [3.05, 3.63) is 0 Å². The zero-order chi connectivity index (χ0) is 13.0. The molecular formula is C11H20N6O. The Bertz CT molecular complexity index is 391. The lowest BCUT2D eigenvalue weighted by molar-refractivity contribution is 0.221. The second-order valence-corrected chi connectivity index (χ2v) is 4.63. The smallest absolute Gasteiger partial charge is 0.323 e. The van der Waals surface area contributed by atoms with Crippen LogP contribution in [0.1, 0.15) is 33.1 Å². The minimum absolute atomic E-state index is 0.00892. The average Bonchev–Trinajstić information content (AvgIpc) is 2.28. The van der Waals surface area contributed by atoms with Gasteiger partial charge in [-0.1, -0.05) is 6.42 Å². The van der Waals surface area contributed by atoms with E-state index >= 15 is 0 Å². The Balaban J connectivity index is 2.04. The largest absolute Gasteiger partial charge is 0.461 e. The number of nitrogen functional groups attached to an aromatic ring is 1. The lowest BCUT2D eigenvalue weighted by Gasteiger charge is -2.26. The summed E-state index contributed by atoms with van der Waals surface area (Å²) in [5, 5.41) is 2.09. The van der Waals surface area contributed by atoms with Gasteiger partial charge in [-0.15, -0.1) is 0 Å². The van der Waals surface area contributed by atoms with E-state index in [2.05, 4.69) is 25.4 Å². The van der Waals surface area contributed by atoms with E-state index in [4.69, 9.17) is 10.5 Å². The number of nitrogens with two attached hydrogens (primary N) is 1. The van der Waals surface area contributed by atoms with Gasteiger partial charge in [-0.05, 0) is 26.7 Å². The van der Waals surface area contributed by atoms with Gasteiger partial charge in [-0.25, -0.2) is 5.01 Å². The summed E-state index contributed by atoms with van der Waals surface area (Å²) in [6.45, 7) is 5.81. The molecule has 7 heteroatoms. The molecule has 100 valence electrons. The second kappa shape index (κ2) is 5.81. The lowest BCUT2D eigenvalue weighted by Crippen LogP contribution is -2.35. The Labute approximate surface area is 107 Å². The van der Waals surface area contributed by atoms with Crippen LogP contribution in [0.3, 0.4) is 0 Å².